The van der Waals surface area contributed by atoms with Crippen LogP contribution in [0.15, 0.2) is 42.0 Å². The van der Waals surface area contributed by atoms with Crippen molar-refractivity contribution in [3.8, 4) is 0 Å². The standard InChI is InChI=1S/C34H50O4/c1-22(2)10-9-11-23(3)27-14-15-28-26-20-30(38-31(36)24-12-7-6-8-13-24)34(37)21-25(35)16-19-33(34,5)29(26)17-18-32(27,28)4/h6-8,12-13,20,22-23,25,27-30,35,37H,9-11,14-19,21H2,1-5H3/t23-,25+,27-,28+,29+,30-,32-,33-,34-/m1/s1. The number of hydrogen-bond acceptors (Lipinski definition) is 4. The molecule has 1 aromatic carbocycles. The molecule has 0 aliphatic heterocycles. The summed E-state index contributed by atoms with van der Waals surface area (Å²) in [6, 6.07) is 9.08. The van der Waals surface area contributed by atoms with E-state index in [0.717, 1.165) is 18.8 Å². The molecular formula is C34H50O4. The predicted molar refractivity (Wildman–Crippen MR) is 152 cm³/mol. The zero-order valence-corrected chi connectivity index (χ0v) is 24.3. The van der Waals surface area contributed by atoms with Gasteiger partial charge in [-0.1, -0.05) is 77.7 Å². The van der Waals surface area contributed by atoms with Gasteiger partial charge in [-0.15, -0.1) is 0 Å². The molecule has 4 aliphatic carbocycles. The number of allylic oxidation sites excluding steroid dienone is 1. The van der Waals surface area contributed by atoms with Gasteiger partial charge in [-0.05, 0) is 91.7 Å². The van der Waals surface area contributed by atoms with E-state index >= 15 is 0 Å². The van der Waals surface area contributed by atoms with Crippen LogP contribution in [0.5, 0.6) is 0 Å². The van der Waals surface area contributed by atoms with Gasteiger partial charge in [0.1, 0.15) is 11.7 Å². The van der Waals surface area contributed by atoms with Gasteiger partial charge in [0.2, 0.25) is 0 Å². The van der Waals surface area contributed by atoms with Gasteiger partial charge < -0.3 is 14.9 Å². The molecule has 0 amide bonds. The van der Waals surface area contributed by atoms with Crippen LogP contribution in [-0.2, 0) is 4.74 Å². The Balaban J connectivity index is 1.47. The number of rotatable bonds is 7. The summed E-state index contributed by atoms with van der Waals surface area (Å²) < 4.78 is 6.17. The maximum Gasteiger partial charge on any atom is 0.338 e. The summed E-state index contributed by atoms with van der Waals surface area (Å²) in [5.41, 5.74) is 0.511. The second-order valence-corrected chi connectivity index (χ2v) is 14.2. The number of benzene rings is 1. The van der Waals surface area contributed by atoms with Gasteiger partial charge in [-0.3, -0.25) is 0 Å². The largest absolute Gasteiger partial charge is 0.451 e. The van der Waals surface area contributed by atoms with E-state index in [4.69, 9.17) is 4.74 Å². The molecule has 4 aliphatic rings. The van der Waals surface area contributed by atoms with Crippen LogP contribution >= 0.6 is 0 Å². The number of aliphatic hydroxyl groups excluding tert-OH is 1. The molecule has 0 spiro atoms. The summed E-state index contributed by atoms with van der Waals surface area (Å²) in [7, 11) is 0. The maximum atomic E-state index is 13.2. The molecule has 1 aromatic rings. The molecule has 4 nitrogen and oxygen atoms in total. The van der Waals surface area contributed by atoms with Gasteiger partial charge >= 0.3 is 5.97 Å². The first-order valence-corrected chi connectivity index (χ1v) is 15.4. The zero-order chi connectivity index (χ0) is 27.3. The number of esters is 1. The molecule has 0 bridgehead atoms. The second-order valence-electron chi connectivity index (χ2n) is 14.2. The lowest BCUT2D eigenvalue weighted by Crippen LogP contribution is -2.66. The van der Waals surface area contributed by atoms with Crippen molar-refractivity contribution in [3.63, 3.8) is 0 Å². The number of carbonyl (C=O) groups excluding carboxylic acids is 1. The smallest absolute Gasteiger partial charge is 0.338 e. The van der Waals surface area contributed by atoms with Crippen LogP contribution in [0, 0.1) is 40.4 Å². The quantitative estimate of drug-likeness (QED) is 0.290. The molecule has 0 aromatic heterocycles. The van der Waals surface area contributed by atoms with Gasteiger partial charge in [-0.25, -0.2) is 4.79 Å². The molecule has 210 valence electrons. The van der Waals surface area contributed by atoms with Crippen LogP contribution in [0.2, 0.25) is 0 Å². The van der Waals surface area contributed by atoms with Crippen LogP contribution in [0.25, 0.3) is 0 Å². The van der Waals surface area contributed by atoms with E-state index < -0.39 is 29.2 Å². The van der Waals surface area contributed by atoms with Crippen molar-refractivity contribution < 1.29 is 19.7 Å². The number of hydrogen-bond donors (Lipinski definition) is 2. The molecule has 9 atom stereocenters. The van der Waals surface area contributed by atoms with Crippen LogP contribution in [0.3, 0.4) is 0 Å². The third-order valence-corrected chi connectivity index (χ3v) is 11.7. The number of ether oxygens (including phenoxy) is 1. The Bertz CT molecular complexity index is 1030. The fourth-order valence-electron chi connectivity index (χ4n) is 9.43. The molecule has 38 heavy (non-hydrogen) atoms. The highest BCUT2D eigenvalue weighted by Gasteiger charge is 2.66. The Morgan fingerprint density at radius 3 is 2.45 bits per heavy atom. The summed E-state index contributed by atoms with van der Waals surface area (Å²) in [4.78, 5) is 13.2. The van der Waals surface area contributed by atoms with E-state index in [1.165, 1.54) is 44.1 Å². The molecule has 0 saturated heterocycles. The van der Waals surface area contributed by atoms with Gasteiger partial charge in [0.25, 0.3) is 0 Å². The summed E-state index contributed by atoms with van der Waals surface area (Å²) in [6.07, 6.45) is 11.2. The molecule has 0 heterocycles. The first kappa shape index (κ1) is 27.9. The highest BCUT2D eigenvalue weighted by Crippen LogP contribution is 2.68. The van der Waals surface area contributed by atoms with Crippen LogP contribution in [-0.4, -0.2) is 34.0 Å². The van der Waals surface area contributed by atoms with E-state index in [9.17, 15) is 15.0 Å². The van der Waals surface area contributed by atoms with Crippen LogP contribution in [0.1, 0.15) is 109 Å². The van der Waals surface area contributed by atoms with E-state index in [0.29, 0.717) is 29.7 Å². The van der Waals surface area contributed by atoms with Crippen molar-refractivity contribution in [1.29, 1.82) is 0 Å². The van der Waals surface area contributed by atoms with E-state index in [1.54, 1.807) is 12.1 Å². The number of fused-ring (bicyclic) bond motifs is 5. The fraction of sp³-hybridized carbons (Fsp3) is 0.735. The number of aliphatic hydroxyl groups is 2. The summed E-state index contributed by atoms with van der Waals surface area (Å²) in [6.45, 7) is 11.9. The van der Waals surface area contributed by atoms with E-state index in [1.807, 2.05) is 18.2 Å². The van der Waals surface area contributed by atoms with Crippen LogP contribution in [0.4, 0.5) is 0 Å². The average molecular weight is 523 g/mol. The van der Waals surface area contributed by atoms with Crippen molar-refractivity contribution in [1.82, 2.24) is 0 Å². The Morgan fingerprint density at radius 1 is 1.00 bits per heavy atom. The summed E-state index contributed by atoms with van der Waals surface area (Å²) >= 11 is 0. The van der Waals surface area contributed by atoms with Crippen LogP contribution < -0.4 is 0 Å². The zero-order valence-electron chi connectivity index (χ0n) is 24.3. The molecule has 2 N–H and O–H groups in total. The van der Waals surface area contributed by atoms with E-state index in [2.05, 4.69) is 40.7 Å². The van der Waals surface area contributed by atoms with Gasteiger partial charge in [0.05, 0.1) is 11.7 Å². The first-order valence-electron chi connectivity index (χ1n) is 15.4. The van der Waals surface area contributed by atoms with Crippen molar-refractivity contribution in [3.05, 3.63) is 47.5 Å². The van der Waals surface area contributed by atoms with Crippen molar-refractivity contribution in [2.24, 2.45) is 40.4 Å². The second kappa shape index (κ2) is 10.4. The van der Waals surface area contributed by atoms with Crippen molar-refractivity contribution >= 4 is 5.97 Å². The highest BCUT2D eigenvalue weighted by molar-refractivity contribution is 5.89. The number of carbonyl (C=O) groups is 1. The minimum atomic E-state index is -1.26. The summed E-state index contributed by atoms with van der Waals surface area (Å²) in [5, 5.41) is 23.0. The third kappa shape index (κ3) is 4.58. The lowest BCUT2D eigenvalue weighted by molar-refractivity contribution is -0.210. The highest BCUT2D eigenvalue weighted by atomic mass is 16.6. The Hall–Kier alpha value is -1.65. The van der Waals surface area contributed by atoms with Gasteiger partial charge in [0, 0.05) is 11.8 Å². The Kier molecular flexibility index (Phi) is 7.63. The lowest BCUT2D eigenvalue weighted by Gasteiger charge is -2.62. The minimum absolute atomic E-state index is 0.258. The normalized spacial score (nSPS) is 41.1. The fourth-order valence-corrected chi connectivity index (χ4v) is 9.43. The molecule has 4 heteroatoms. The Labute approximate surface area is 230 Å². The molecule has 3 fully saturated rings. The molecule has 0 radical (unpaired) electrons. The minimum Gasteiger partial charge on any atom is -0.451 e. The lowest BCUT2D eigenvalue weighted by atomic mass is 9.45. The topological polar surface area (TPSA) is 66.8 Å². The third-order valence-electron chi connectivity index (χ3n) is 11.7. The monoisotopic (exact) mass is 522 g/mol. The van der Waals surface area contributed by atoms with E-state index in [-0.39, 0.29) is 17.8 Å². The van der Waals surface area contributed by atoms with Crippen molar-refractivity contribution in [2.45, 2.75) is 117 Å². The summed E-state index contributed by atoms with van der Waals surface area (Å²) in [5.74, 6) is 2.55. The van der Waals surface area contributed by atoms with Gasteiger partial charge in [0.15, 0.2) is 0 Å². The van der Waals surface area contributed by atoms with Gasteiger partial charge in [-0.2, -0.15) is 0 Å². The SMILES string of the molecule is CC(C)CCC[C@@H](C)[C@H]1CC[C@H]2C3=C[C@@H](OC(=O)c4ccccc4)[C@]4(O)C[C@@H](O)CC[C@]4(C)[C@H]3CC[C@]12C. The molecular weight excluding hydrogens is 472 g/mol. The van der Waals surface area contributed by atoms with Crippen molar-refractivity contribution in [2.75, 3.05) is 0 Å². The molecule has 0 unspecified atom stereocenters. The molecule has 3 saturated carbocycles. The molecule has 5 rings (SSSR count). The predicted octanol–water partition coefficient (Wildman–Crippen LogP) is 7.34. The maximum absolute atomic E-state index is 13.2. The average Bonchev–Trinajstić information content (AvgIpc) is 3.23. The first-order chi connectivity index (χ1) is 18.0. The Morgan fingerprint density at radius 2 is 1.74 bits per heavy atom.